The number of ether oxygens (including phenoxy) is 2. The lowest BCUT2D eigenvalue weighted by Crippen LogP contribution is -2.28. The summed E-state index contributed by atoms with van der Waals surface area (Å²) in [5, 5.41) is 6.86. The quantitative estimate of drug-likeness (QED) is 0.682. The fourth-order valence-corrected chi connectivity index (χ4v) is 2.72. The minimum absolute atomic E-state index is 0.151. The number of carbonyl (C=O) groups excluding carboxylic acids is 1. The Morgan fingerprint density at radius 3 is 2.48 bits per heavy atom. The minimum atomic E-state index is -0.304. The van der Waals surface area contributed by atoms with Crippen LogP contribution in [0.2, 0.25) is 0 Å². The lowest BCUT2D eigenvalue weighted by Gasteiger charge is -2.14. The summed E-state index contributed by atoms with van der Waals surface area (Å²) in [4.78, 5) is 12.7. The van der Waals surface area contributed by atoms with E-state index in [2.05, 4.69) is 10.5 Å². The summed E-state index contributed by atoms with van der Waals surface area (Å²) >= 11 is 0. The number of aryl methyl sites for hydroxylation is 1. The van der Waals surface area contributed by atoms with Gasteiger partial charge in [0.05, 0.1) is 18.7 Å². The van der Waals surface area contributed by atoms with E-state index in [1.54, 1.807) is 20.1 Å². The SMILES string of the molecule is COc1ccccc1OCc1c(C(=O)NC(C)c2ccccc2)noc1C. The molecule has 0 fully saturated rings. The number of nitrogens with one attached hydrogen (secondary N) is 1. The third kappa shape index (κ3) is 4.28. The standard InChI is InChI=1S/C21H22N2O4/c1-14(16-9-5-4-6-10-16)22-21(24)20-17(15(2)27-23-20)13-26-19-12-8-7-11-18(19)25-3/h4-12,14H,13H2,1-3H3,(H,22,24). The molecule has 0 bridgehead atoms. The van der Waals surface area contributed by atoms with Gasteiger partial charge in [-0.05, 0) is 31.5 Å². The normalized spacial score (nSPS) is 11.7. The van der Waals surface area contributed by atoms with Gasteiger partial charge in [-0.2, -0.15) is 0 Å². The van der Waals surface area contributed by atoms with Crippen molar-refractivity contribution in [2.75, 3.05) is 7.11 Å². The fraction of sp³-hybridized carbons (Fsp3) is 0.238. The Balaban J connectivity index is 1.73. The largest absolute Gasteiger partial charge is 0.493 e. The van der Waals surface area contributed by atoms with Crippen LogP contribution in [0.4, 0.5) is 0 Å². The van der Waals surface area contributed by atoms with Crippen LogP contribution in [0.5, 0.6) is 11.5 Å². The van der Waals surface area contributed by atoms with Crippen molar-refractivity contribution in [1.29, 1.82) is 0 Å². The van der Waals surface area contributed by atoms with Crippen LogP contribution in [-0.2, 0) is 6.61 Å². The van der Waals surface area contributed by atoms with Crippen LogP contribution in [-0.4, -0.2) is 18.2 Å². The van der Waals surface area contributed by atoms with Crippen LogP contribution in [0.15, 0.2) is 59.1 Å². The number of para-hydroxylation sites is 2. The molecule has 6 heteroatoms. The molecule has 27 heavy (non-hydrogen) atoms. The predicted molar refractivity (Wildman–Crippen MR) is 101 cm³/mol. The number of aromatic nitrogens is 1. The van der Waals surface area contributed by atoms with E-state index < -0.39 is 0 Å². The monoisotopic (exact) mass is 366 g/mol. The van der Waals surface area contributed by atoms with Crippen molar-refractivity contribution < 1.29 is 18.8 Å². The highest BCUT2D eigenvalue weighted by Crippen LogP contribution is 2.27. The number of benzene rings is 2. The van der Waals surface area contributed by atoms with Crippen LogP contribution in [0, 0.1) is 6.92 Å². The average molecular weight is 366 g/mol. The molecule has 2 aromatic carbocycles. The molecular weight excluding hydrogens is 344 g/mol. The number of hydrogen-bond acceptors (Lipinski definition) is 5. The molecule has 1 heterocycles. The van der Waals surface area contributed by atoms with Crippen LogP contribution in [0.3, 0.4) is 0 Å². The first-order valence-electron chi connectivity index (χ1n) is 8.67. The molecular formula is C21H22N2O4. The van der Waals surface area contributed by atoms with E-state index >= 15 is 0 Å². The molecule has 0 aliphatic heterocycles. The summed E-state index contributed by atoms with van der Waals surface area (Å²) in [5.41, 5.74) is 1.85. The lowest BCUT2D eigenvalue weighted by atomic mass is 10.1. The van der Waals surface area contributed by atoms with Crippen LogP contribution in [0.25, 0.3) is 0 Å². The van der Waals surface area contributed by atoms with E-state index in [-0.39, 0.29) is 24.2 Å². The van der Waals surface area contributed by atoms with Gasteiger partial charge < -0.3 is 19.3 Å². The molecule has 1 unspecified atom stereocenters. The fourth-order valence-electron chi connectivity index (χ4n) is 2.72. The molecule has 0 saturated heterocycles. The Morgan fingerprint density at radius 1 is 1.11 bits per heavy atom. The van der Waals surface area contributed by atoms with Gasteiger partial charge in [-0.25, -0.2) is 0 Å². The van der Waals surface area contributed by atoms with E-state index in [4.69, 9.17) is 14.0 Å². The summed E-state index contributed by atoms with van der Waals surface area (Å²) in [7, 11) is 1.58. The minimum Gasteiger partial charge on any atom is -0.493 e. The van der Waals surface area contributed by atoms with Gasteiger partial charge in [-0.3, -0.25) is 4.79 Å². The average Bonchev–Trinajstić information content (AvgIpc) is 3.07. The number of amides is 1. The zero-order valence-corrected chi connectivity index (χ0v) is 15.6. The van der Waals surface area contributed by atoms with Gasteiger partial charge in [0.15, 0.2) is 17.2 Å². The Kier molecular flexibility index (Phi) is 5.76. The molecule has 3 rings (SSSR count). The molecule has 6 nitrogen and oxygen atoms in total. The number of methoxy groups -OCH3 is 1. The van der Waals surface area contributed by atoms with Crippen molar-refractivity contribution in [2.24, 2.45) is 0 Å². The number of nitrogens with zero attached hydrogens (tertiary/aromatic N) is 1. The molecule has 1 atom stereocenters. The summed E-state index contributed by atoms with van der Waals surface area (Å²) in [6.45, 7) is 3.83. The molecule has 0 spiro atoms. The van der Waals surface area contributed by atoms with Gasteiger partial charge >= 0.3 is 0 Å². The molecule has 1 N–H and O–H groups in total. The van der Waals surface area contributed by atoms with Crippen molar-refractivity contribution in [2.45, 2.75) is 26.5 Å². The van der Waals surface area contributed by atoms with Gasteiger partial charge in [0.25, 0.3) is 5.91 Å². The van der Waals surface area contributed by atoms with Crippen molar-refractivity contribution >= 4 is 5.91 Å². The Bertz CT molecular complexity index is 906. The smallest absolute Gasteiger partial charge is 0.274 e. The van der Waals surface area contributed by atoms with Crippen molar-refractivity contribution in [3.05, 3.63) is 77.2 Å². The van der Waals surface area contributed by atoms with Crippen LogP contribution >= 0.6 is 0 Å². The first-order chi connectivity index (χ1) is 13.1. The Labute approximate surface area is 158 Å². The lowest BCUT2D eigenvalue weighted by molar-refractivity contribution is 0.0928. The first-order valence-corrected chi connectivity index (χ1v) is 8.67. The van der Waals surface area contributed by atoms with Gasteiger partial charge in [0, 0.05) is 0 Å². The predicted octanol–water partition coefficient (Wildman–Crippen LogP) is 4.06. The van der Waals surface area contributed by atoms with Gasteiger partial charge in [0.1, 0.15) is 12.4 Å². The summed E-state index contributed by atoms with van der Waals surface area (Å²) in [5.74, 6) is 1.45. The molecule has 1 aromatic heterocycles. The van der Waals surface area contributed by atoms with Crippen LogP contribution < -0.4 is 14.8 Å². The molecule has 140 valence electrons. The molecule has 1 amide bonds. The van der Waals surface area contributed by atoms with E-state index in [0.29, 0.717) is 22.8 Å². The maximum Gasteiger partial charge on any atom is 0.274 e. The second-order valence-corrected chi connectivity index (χ2v) is 6.11. The third-order valence-electron chi connectivity index (χ3n) is 4.29. The highest BCUT2D eigenvalue weighted by molar-refractivity contribution is 5.94. The number of hydrogen-bond donors (Lipinski definition) is 1. The van der Waals surface area contributed by atoms with E-state index in [1.165, 1.54) is 0 Å². The van der Waals surface area contributed by atoms with E-state index in [0.717, 1.165) is 5.56 Å². The molecule has 0 aliphatic carbocycles. The molecule has 3 aromatic rings. The number of rotatable bonds is 7. The topological polar surface area (TPSA) is 73.6 Å². The van der Waals surface area contributed by atoms with Crippen molar-refractivity contribution in [1.82, 2.24) is 10.5 Å². The third-order valence-corrected chi connectivity index (χ3v) is 4.29. The molecule has 0 radical (unpaired) electrons. The second-order valence-electron chi connectivity index (χ2n) is 6.11. The van der Waals surface area contributed by atoms with E-state index in [9.17, 15) is 4.79 Å². The Hall–Kier alpha value is -3.28. The summed E-state index contributed by atoms with van der Waals surface area (Å²) in [6, 6.07) is 16.9. The first kappa shape index (κ1) is 18.5. The van der Waals surface area contributed by atoms with Crippen molar-refractivity contribution in [3.63, 3.8) is 0 Å². The van der Waals surface area contributed by atoms with Crippen LogP contribution in [0.1, 0.15) is 40.3 Å². The van der Waals surface area contributed by atoms with Crippen molar-refractivity contribution in [3.8, 4) is 11.5 Å². The highest BCUT2D eigenvalue weighted by atomic mass is 16.5. The van der Waals surface area contributed by atoms with Gasteiger partial charge in [-0.1, -0.05) is 47.6 Å². The Morgan fingerprint density at radius 2 is 1.78 bits per heavy atom. The zero-order chi connectivity index (χ0) is 19.2. The highest BCUT2D eigenvalue weighted by Gasteiger charge is 2.22. The molecule has 0 saturated carbocycles. The van der Waals surface area contributed by atoms with E-state index in [1.807, 2.05) is 55.5 Å². The number of carbonyl (C=O) groups is 1. The zero-order valence-electron chi connectivity index (χ0n) is 15.6. The second kappa shape index (κ2) is 8.40. The molecule has 0 aliphatic rings. The maximum absolute atomic E-state index is 12.7. The summed E-state index contributed by atoms with van der Waals surface area (Å²) < 4.78 is 16.3. The van der Waals surface area contributed by atoms with Gasteiger partial charge in [0.2, 0.25) is 0 Å². The summed E-state index contributed by atoms with van der Waals surface area (Å²) in [6.07, 6.45) is 0. The maximum atomic E-state index is 12.7. The van der Waals surface area contributed by atoms with Gasteiger partial charge in [-0.15, -0.1) is 0 Å².